The van der Waals surface area contributed by atoms with Crippen molar-refractivity contribution < 1.29 is 0 Å². The summed E-state index contributed by atoms with van der Waals surface area (Å²) in [5, 5.41) is 1.40. The van der Waals surface area contributed by atoms with Gasteiger partial charge in [0.2, 0.25) is 0 Å². The van der Waals surface area contributed by atoms with Crippen molar-refractivity contribution in [3.05, 3.63) is 16.3 Å². The Hall–Kier alpha value is -1.16. The summed E-state index contributed by atoms with van der Waals surface area (Å²) in [5.74, 6) is 3.11. The Labute approximate surface area is 136 Å². The molecule has 0 spiro atoms. The van der Waals surface area contributed by atoms with Gasteiger partial charge in [-0.15, -0.1) is 11.3 Å². The fourth-order valence-corrected chi connectivity index (χ4v) is 5.26. The lowest BCUT2D eigenvalue weighted by atomic mass is 9.89. The Morgan fingerprint density at radius 3 is 2.82 bits per heavy atom. The Kier molecular flexibility index (Phi) is 3.81. The van der Waals surface area contributed by atoms with Gasteiger partial charge in [-0.05, 0) is 50.0 Å². The third-order valence-electron chi connectivity index (χ3n) is 5.06. The van der Waals surface area contributed by atoms with E-state index in [4.69, 9.17) is 9.97 Å². The maximum absolute atomic E-state index is 4.99. The zero-order valence-corrected chi connectivity index (χ0v) is 14.5. The van der Waals surface area contributed by atoms with Crippen LogP contribution in [0.15, 0.2) is 0 Å². The van der Waals surface area contributed by atoms with E-state index in [2.05, 4.69) is 18.7 Å². The molecule has 1 unspecified atom stereocenters. The van der Waals surface area contributed by atoms with Gasteiger partial charge in [0, 0.05) is 24.4 Å². The standard InChI is InChI=1S/C18H25N3S/c1-3-6-15-19-17(21-9-4-5-10-21)16-13-8-7-12(2)11-14(13)22-18(16)20-15/h12H,3-11H2,1-2H3. The van der Waals surface area contributed by atoms with Crippen LogP contribution in [0.25, 0.3) is 10.2 Å². The predicted octanol–water partition coefficient (Wildman–Crippen LogP) is 4.37. The Balaban J connectivity index is 1.89. The summed E-state index contributed by atoms with van der Waals surface area (Å²) < 4.78 is 0. The van der Waals surface area contributed by atoms with Crippen LogP contribution in [0, 0.1) is 5.92 Å². The largest absolute Gasteiger partial charge is 0.356 e. The maximum Gasteiger partial charge on any atom is 0.141 e. The van der Waals surface area contributed by atoms with Crippen LogP contribution in [0.5, 0.6) is 0 Å². The second kappa shape index (κ2) is 5.80. The zero-order chi connectivity index (χ0) is 15.1. The van der Waals surface area contributed by atoms with Crippen molar-refractivity contribution in [3.63, 3.8) is 0 Å². The summed E-state index contributed by atoms with van der Waals surface area (Å²) in [6.45, 7) is 6.92. The fourth-order valence-electron chi connectivity index (χ4n) is 3.86. The first-order valence-electron chi connectivity index (χ1n) is 8.82. The highest BCUT2D eigenvalue weighted by Gasteiger charge is 2.26. The monoisotopic (exact) mass is 315 g/mol. The number of anilines is 1. The molecule has 2 aromatic heterocycles. The third kappa shape index (κ3) is 2.41. The van der Waals surface area contributed by atoms with Gasteiger partial charge in [0.1, 0.15) is 16.5 Å². The van der Waals surface area contributed by atoms with Crippen LogP contribution in [0.3, 0.4) is 0 Å². The first-order valence-corrected chi connectivity index (χ1v) is 9.64. The molecule has 0 bridgehead atoms. The molecule has 1 aliphatic heterocycles. The minimum Gasteiger partial charge on any atom is -0.356 e. The molecule has 3 heterocycles. The molecule has 1 atom stereocenters. The van der Waals surface area contributed by atoms with Crippen molar-refractivity contribution in [1.82, 2.24) is 9.97 Å². The van der Waals surface area contributed by atoms with Gasteiger partial charge in [-0.2, -0.15) is 0 Å². The van der Waals surface area contributed by atoms with E-state index in [0.29, 0.717) is 0 Å². The summed E-state index contributed by atoms with van der Waals surface area (Å²) in [5.41, 5.74) is 1.57. The zero-order valence-electron chi connectivity index (χ0n) is 13.7. The van der Waals surface area contributed by atoms with E-state index in [-0.39, 0.29) is 0 Å². The molecule has 22 heavy (non-hydrogen) atoms. The molecule has 0 N–H and O–H groups in total. The van der Waals surface area contributed by atoms with Crippen molar-refractivity contribution in [2.75, 3.05) is 18.0 Å². The van der Waals surface area contributed by atoms with Crippen molar-refractivity contribution in [3.8, 4) is 0 Å². The molecular weight excluding hydrogens is 290 g/mol. The van der Waals surface area contributed by atoms with Gasteiger partial charge in [-0.1, -0.05) is 13.8 Å². The SMILES string of the molecule is CCCc1nc(N2CCCC2)c2c3c(sc2n1)CC(C)CC3. The van der Waals surface area contributed by atoms with Crippen LogP contribution in [0.1, 0.15) is 55.8 Å². The molecule has 1 aliphatic carbocycles. The minimum atomic E-state index is 0.818. The average Bonchev–Trinajstić information content (AvgIpc) is 3.13. The van der Waals surface area contributed by atoms with Crippen LogP contribution in [0.4, 0.5) is 5.82 Å². The highest BCUT2D eigenvalue weighted by Crippen LogP contribution is 2.41. The fraction of sp³-hybridized carbons (Fsp3) is 0.667. The Morgan fingerprint density at radius 2 is 2.05 bits per heavy atom. The van der Waals surface area contributed by atoms with Crippen LogP contribution >= 0.6 is 11.3 Å². The topological polar surface area (TPSA) is 29.0 Å². The van der Waals surface area contributed by atoms with Gasteiger partial charge in [-0.3, -0.25) is 0 Å². The van der Waals surface area contributed by atoms with E-state index in [1.807, 2.05) is 11.3 Å². The average molecular weight is 315 g/mol. The molecule has 0 amide bonds. The second-order valence-corrected chi connectivity index (χ2v) is 8.02. The molecule has 1 fully saturated rings. The molecule has 3 nitrogen and oxygen atoms in total. The van der Waals surface area contributed by atoms with Gasteiger partial charge in [0.25, 0.3) is 0 Å². The van der Waals surface area contributed by atoms with Crippen molar-refractivity contribution in [2.24, 2.45) is 5.92 Å². The molecule has 2 aliphatic rings. The van der Waals surface area contributed by atoms with Crippen LogP contribution < -0.4 is 4.90 Å². The molecule has 4 rings (SSSR count). The lowest BCUT2D eigenvalue weighted by Crippen LogP contribution is -2.20. The number of hydrogen-bond donors (Lipinski definition) is 0. The smallest absolute Gasteiger partial charge is 0.141 e. The first kappa shape index (κ1) is 14.4. The van der Waals surface area contributed by atoms with Crippen molar-refractivity contribution in [2.45, 2.75) is 58.8 Å². The van der Waals surface area contributed by atoms with Gasteiger partial charge in [0.05, 0.1) is 5.39 Å². The van der Waals surface area contributed by atoms with Crippen LogP contribution in [-0.4, -0.2) is 23.1 Å². The summed E-state index contributed by atoms with van der Waals surface area (Å²) in [6, 6.07) is 0. The summed E-state index contributed by atoms with van der Waals surface area (Å²) >= 11 is 1.94. The van der Waals surface area contributed by atoms with E-state index < -0.39 is 0 Å². The van der Waals surface area contributed by atoms with E-state index in [1.54, 1.807) is 10.4 Å². The van der Waals surface area contributed by atoms with E-state index in [9.17, 15) is 0 Å². The second-order valence-electron chi connectivity index (χ2n) is 6.94. The van der Waals surface area contributed by atoms with Crippen molar-refractivity contribution >= 4 is 27.4 Å². The number of fused-ring (bicyclic) bond motifs is 3. The summed E-state index contributed by atoms with van der Waals surface area (Å²) in [4.78, 5) is 15.2. The lowest BCUT2D eigenvalue weighted by Gasteiger charge is -2.21. The van der Waals surface area contributed by atoms with Gasteiger partial charge < -0.3 is 4.90 Å². The van der Waals surface area contributed by atoms with Gasteiger partial charge in [-0.25, -0.2) is 9.97 Å². The number of aryl methyl sites for hydroxylation is 2. The molecule has 4 heteroatoms. The molecule has 0 aromatic carbocycles. The number of thiophene rings is 1. The Bertz CT molecular complexity index is 685. The van der Waals surface area contributed by atoms with E-state index >= 15 is 0 Å². The summed E-state index contributed by atoms with van der Waals surface area (Å²) in [6.07, 6.45) is 8.49. The maximum atomic E-state index is 4.99. The molecule has 2 aromatic rings. The normalized spacial score (nSPS) is 21.5. The van der Waals surface area contributed by atoms with E-state index in [1.165, 1.54) is 61.2 Å². The van der Waals surface area contributed by atoms with Gasteiger partial charge >= 0.3 is 0 Å². The number of rotatable bonds is 3. The Morgan fingerprint density at radius 1 is 1.23 bits per heavy atom. The minimum absolute atomic E-state index is 0.818. The number of nitrogens with zero attached hydrogens (tertiary/aromatic N) is 3. The predicted molar refractivity (Wildman–Crippen MR) is 94.0 cm³/mol. The van der Waals surface area contributed by atoms with Crippen LogP contribution in [-0.2, 0) is 19.3 Å². The highest BCUT2D eigenvalue weighted by atomic mass is 32.1. The molecule has 118 valence electrons. The summed E-state index contributed by atoms with van der Waals surface area (Å²) in [7, 11) is 0. The lowest BCUT2D eigenvalue weighted by molar-refractivity contribution is 0.509. The molecule has 0 radical (unpaired) electrons. The van der Waals surface area contributed by atoms with Gasteiger partial charge in [0.15, 0.2) is 0 Å². The van der Waals surface area contributed by atoms with E-state index in [0.717, 1.165) is 24.6 Å². The third-order valence-corrected chi connectivity index (χ3v) is 6.21. The molecule has 1 saturated heterocycles. The number of hydrogen-bond acceptors (Lipinski definition) is 4. The van der Waals surface area contributed by atoms with Crippen LogP contribution in [0.2, 0.25) is 0 Å². The molecular formula is C18H25N3S. The highest BCUT2D eigenvalue weighted by molar-refractivity contribution is 7.19. The molecule has 0 saturated carbocycles. The quantitative estimate of drug-likeness (QED) is 0.842. The number of aromatic nitrogens is 2. The first-order chi connectivity index (χ1) is 10.8. The van der Waals surface area contributed by atoms with Crippen molar-refractivity contribution in [1.29, 1.82) is 0 Å².